The number of nitrogens with one attached hydrogen (secondary N) is 3. The maximum absolute atomic E-state index is 12.0. The maximum atomic E-state index is 12.0. The standard InChI is InChI=1S/C19H21N5O/c1-9(2)20-18-11(4)21-14-7-5-6-12(17(14)24-18)15-8-13-16(23-15)10(3)22-19(13)25/h5-10,23H,1-4H3,(H,20,24)(H,22,25). The zero-order chi connectivity index (χ0) is 17.7. The van der Waals surface area contributed by atoms with Crippen molar-refractivity contribution in [2.75, 3.05) is 5.32 Å². The van der Waals surface area contributed by atoms with Gasteiger partial charge in [0.15, 0.2) is 0 Å². The second-order valence-electron chi connectivity index (χ2n) is 6.84. The molecule has 6 nitrogen and oxygen atoms in total. The molecule has 1 aliphatic rings. The summed E-state index contributed by atoms with van der Waals surface area (Å²) in [6, 6.07) is 8.12. The molecule has 6 heteroatoms. The maximum Gasteiger partial charge on any atom is 0.253 e. The van der Waals surface area contributed by atoms with Crippen LogP contribution >= 0.6 is 0 Å². The monoisotopic (exact) mass is 335 g/mol. The van der Waals surface area contributed by atoms with Crippen LogP contribution in [0.5, 0.6) is 0 Å². The first-order chi connectivity index (χ1) is 11.9. The Labute approximate surface area is 146 Å². The van der Waals surface area contributed by atoms with Crippen LogP contribution in [0.25, 0.3) is 22.3 Å². The molecule has 0 spiro atoms. The minimum absolute atomic E-state index is 0.00211. The number of amides is 1. The molecule has 3 aromatic rings. The van der Waals surface area contributed by atoms with Gasteiger partial charge in [-0.1, -0.05) is 12.1 Å². The summed E-state index contributed by atoms with van der Waals surface area (Å²) >= 11 is 0. The van der Waals surface area contributed by atoms with Gasteiger partial charge in [-0.2, -0.15) is 0 Å². The number of aromatic amines is 1. The molecule has 3 heterocycles. The highest BCUT2D eigenvalue weighted by Crippen LogP contribution is 2.33. The van der Waals surface area contributed by atoms with E-state index in [-0.39, 0.29) is 18.0 Å². The molecule has 3 N–H and O–H groups in total. The van der Waals surface area contributed by atoms with Crippen LogP contribution in [0.4, 0.5) is 5.82 Å². The predicted molar refractivity (Wildman–Crippen MR) is 98.7 cm³/mol. The minimum Gasteiger partial charge on any atom is -0.366 e. The molecule has 0 saturated carbocycles. The van der Waals surface area contributed by atoms with Crippen LogP contribution in [-0.4, -0.2) is 26.9 Å². The van der Waals surface area contributed by atoms with Gasteiger partial charge in [0.05, 0.1) is 28.5 Å². The van der Waals surface area contributed by atoms with Crippen molar-refractivity contribution in [2.45, 2.75) is 39.8 Å². The lowest BCUT2D eigenvalue weighted by molar-refractivity contribution is 0.0958. The van der Waals surface area contributed by atoms with Crippen LogP contribution in [0.3, 0.4) is 0 Å². The van der Waals surface area contributed by atoms with Crippen molar-refractivity contribution in [2.24, 2.45) is 0 Å². The lowest BCUT2D eigenvalue weighted by Crippen LogP contribution is -2.17. The smallest absolute Gasteiger partial charge is 0.253 e. The zero-order valence-electron chi connectivity index (χ0n) is 14.8. The second-order valence-corrected chi connectivity index (χ2v) is 6.84. The molecular weight excluding hydrogens is 314 g/mol. The third kappa shape index (κ3) is 2.54. The summed E-state index contributed by atoms with van der Waals surface area (Å²) in [5.74, 6) is 0.759. The van der Waals surface area contributed by atoms with Crippen molar-refractivity contribution in [3.63, 3.8) is 0 Å². The largest absolute Gasteiger partial charge is 0.366 e. The molecular formula is C19H21N5O. The predicted octanol–water partition coefficient (Wildman–Crippen LogP) is 3.56. The van der Waals surface area contributed by atoms with Crippen molar-refractivity contribution in [3.05, 3.63) is 41.2 Å². The van der Waals surface area contributed by atoms with Crippen LogP contribution in [0.2, 0.25) is 0 Å². The molecule has 2 aromatic heterocycles. The number of benzene rings is 1. The van der Waals surface area contributed by atoms with Gasteiger partial charge in [-0.3, -0.25) is 4.79 Å². The number of rotatable bonds is 3. The molecule has 1 atom stereocenters. The van der Waals surface area contributed by atoms with E-state index < -0.39 is 0 Å². The first-order valence-electron chi connectivity index (χ1n) is 8.52. The zero-order valence-corrected chi connectivity index (χ0v) is 14.8. The second kappa shape index (κ2) is 5.58. The van der Waals surface area contributed by atoms with Gasteiger partial charge < -0.3 is 15.6 Å². The number of hydrogen-bond acceptors (Lipinski definition) is 4. The molecule has 0 radical (unpaired) electrons. The Balaban J connectivity index is 1.89. The summed E-state index contributed by atoms with van der Waals surface area (Å²) in [6.07, 6.45) is 0. The fourth-order valence-electron chi connectivity index (χ4n) is 3.28. The number of carbonyl (C=O) groups excluding carboxylic acids is 1. The van der Waals surface area contributed by atoms with Crippen molar-refractivity contribution in [1.29, 1.82) is 0 Å². The van der Waals surface area contributed by atoms with E-state index in [2.05, 4.69) is 34.4 Å². The quantitative estimate of drug-likeness (QED) is 0.683. The highest BCUT2D eigenvalue weighted by Gasteiger charge is 2.28. The molecule has 0 saturated heterocycles. The van der Waals surface area contributed by atoms with E-state index in [1.54, 1.807) is 0 Å². The lowest BCUT2D eigenvalue weighted by atomic mass is 10.1. The van der Waals surface area contributed by atoms with Crippen LogP contribution in [0, 0.1) is 6.92 Å². The Kier molecular flexibility index (Phi) is 3.49. The summed E-state index contributed by atoms with van der Waals surface area (Å²) < 4.78 is 0. The summed E-state index contributed by atoms with van der Waals surface area (Å²) in [4.78, 5) is 24.9. The molecule has 1 aromatic carbocycles. The normalized spacial score (nSPS) is 16.4. The lowest BCUT2D eigenvalue weighted by Gasteiger charge is -2.13. The van der Waals surface area contributed by atoms with Gasteiger partial charge in [-0.15, -0.1) is 0 Å². The van der Waals surface area contributed by atoms with Crippen LogP contribution < -0.4 is 10.6 Å². The molecule has 128 valence electrons. The van der Waals surface area contributed by atoms with E-state index in [0.29, 0.717) is 5.56 Å². The number of anilines is 1. The Bertz CT molecular complexity index is 989. The Hall–Kier alpha value is -2.89. The van der Waals surface area contributed by atoms with E-state index >= 15 is 0 Å². The average Bonchev–Trinajstić information content (AvgIpc) is 3.09. The topological polar surface area (TPSA) is 82.7 Å². The summed E-state index contributed by atoms with van der Waals surface area (Å²) in [5, 5.41) is 6.26. The van der Waals surface area contributed by atoms with Gasteiger partial charge in [-0.05, 0) is 39.8 Å². The number of aryl methyl sites for hydroxylation is 1. The molecule has 0 fully saturated rings. The van der Waals surface area contributed by atoms with E-state index in [1.807, 2.05) is 38.1 Å². The van der Waals surface area contributed by atoms with Crippen molar-refractivity contribution >= 4 is 22.8 Å². The molecule has 4 rings (SSSR count). The van der Waals surface area contributed by atoms with E-state index in [1.165, 1.54) is 0 Å². The van der Waals surface area contributed by atoms with E-state index in [0.717, 1.165) is 39.5 Å². The average molecular weight is 335 g/mol. The molecule has 0 aliphatic carbocycles. The first-order valence-corrected chi connectivity index (χ1v) is 8.52. The molecule has 1 aliphatic heterocycles. The Morgan fingerprint density at radius 1 is 1.20 bits per heavy atom. The summed E-state index contributed by atoms with van der Waals surface area (Å²) in [6.45, 7) is 8.08. The molecule has 0 bridgehead atoms. The number of carbonyl (C=O) groups is 1. The number of H-pyrrole nitrogens is 1. The Morgan fingerprint density at radius 3 is 2.72 bits per heavy atom. The first kappa shape index (κ1) is 15.6. The fourth-order valence-corrected chi connectivity index (χ4v) is 3.28. The number of nitrogens with zero attached hydrogens (tertiary/aromatic N) is 2. The van der Waals surface area contributed by atoms with Gasteiger partial charge in [0.2, 0.25) is 0 Å². The summed E-state index contributed by atoms with van der Waals surface area (Å²) in [7, 11) is 0. The van der Waals surface area contributed by atoms with Crippen LogP contribution in [-0.2, 0) is 0 Å². The molecule has 1 amide bonds. The van der Waals surface area contributed by atoms with Gasteiger partial charge >= 0.3 is 0 Å². The summed E-state index contributed by atoms with van der Waals surface area (Å²) in [5.41, 5.74) is 6.02. The van der Waals surface area contributed by atoms with Gasteiger partial charge in [0.25, 0.3) is 5.91 Å². The SMILES string of the molecule is Cc1nc2cccc(-c3cc4c([nH]3)C(C)NC4=O)c2nc1NC(C)C. The van der Waals surface area contributed by atoms with Gasteiger partial charge in [0, 0.05) is 17.3 Å². The third-order valence-corrected chi connectivity index (χ3v) is 4.46. The number of fused-ring (bicyclic) bond motifs is 2. The highest BCUT2D eigenvalue weighted by molar-refractivity contribution is 6.01. The van der Waals surface area contributed by atoms with Crippen molar-refractivity contribution in [1.82, 2.24) is 20.3 Å². The van der Waals surface area contributed by atoms with Crippen molar-refractivity contribution in [3.8, 4) is 11.3 Å². The van der Waals surface area contributed by atoms with Crippen LogP contribution in [0.15, 0.2) is 24.3 Å². The van der Waals surface area contributed by atoms with E-state index in [4.69, 9.17) is 4.98 Å². The number of para-hydroxylation sites is 1. The number of aromatic nitrogens is 3. The molecule has 25 heavy (non-hydrogen) atoms. The fraction of sp³-hybridized carbons (Fsp3) is 0.316. The number of hydrogen-bond donors (Lipinski definition) is 3. The van der Waals surface area contributed by atoms with Crippen LogP contribution in [0.1, 0.15) is 48.6 Å². The third-order valence-electron chi connectivity index (χ3n) is 4.46. The van der Waals surface area contributed by atoms with Crippen molar-refractivity contribution < 1.29 is 4.79 Å². The minimum atomic E-state index is -0.0330. The van der Waals surface area contributed by atoms with E-state index in [9.17, 15) is 4.79 Å². The van der Waals surface area contributed by atoms with Gasteiger partial charge in [0.1, 0.15) is 11.3 Å². The highest BCUT2D eigenvalue weighted by atomic mass is 16.2. The molecule has 1 unspecified atom stereocenters. The Morgan fingerprint density at radius 2 is 2.00 bits per heavy atom. The van der Waals surface area contributed by atoms with Gasteiger partial charge in [-0.25, -0.2) is 9.97 Å².